The molecule has 0 saturated heterocycles. The summed E-state index contributed by atoms with van der Waals surface area (Å²) >= 11 is 12.0. The van der Waals surface area contributed by atoms with Crippen molar-refractivity contribution in [1.29, 1.82) is 0 Å². The van der Waals surface area contributed by atoms with Crippen molar-refractivity contribution >= 4 is 28.9 Å². The smallest absolute Gasteiger partial charge is 0.188 e. The quantitative estimate of drug-likeness (QED) is 0.734. The van der Waals surface area contributed by atoms with E-state index < -0.39 is 5.82 Å². The van der Waals surface area contributed by atoms with Crippen molar-refractivity contribution in [2.24, 2.45) is 0 Å². The number of hydrogen-bond acceptors (Lipinski definition) is 4. The molecule has 21 heavy (non-hydrogen) atoms. The topological polar surface area (TPSA) is 69.6 Å². The van der Waals surface area contributed by atoms with Gasteiger partial charge in [-0.1, -0.05) is 29.3 Å². The molecule has 3 aromatic rings. The van der Waals surface area contributed by atoms with Gasteiger partial charge in [-0.2, -0.15) is 4.68 Å². The molecule has 8 heteroatoms. The number of anilines is 1. The van der Waals surface area contributed by atoms with Crippen LogP contribution in [0, 0.1) is 5.82 Å². The van der Waals surface area contributed by atoms with Crippen LogP contribution in [0.2, 0.25) is 10.0 Å². The Bertz CT molecular complexity index is 798. The molecule has 0 saturated carbocycles. The largest absolute Gasteiger partial charge is 0.398 e. The number of nitrogen functional groups attached to an aromatic ring is 1. The van der Waals surface area contributed by atoms with Crippen LogP contribution < -0.4 is 5.73 Å². The summed E-state index contributed by atoms with van der Waals surface area (Å²) in [4.78, 5) is 0. The number of aromatic nitrogens is 4. The van der Waals surface area contributed by atoms with Crippen LogP contribution in [0.1, 0.15) is 0 Å². The molecule has 1 aromatic heterocycles. The van der Waals surface area contributed by atoms with Gasteiger partial charge in [0.15, 0.2) is 5.82 Å². The van der Waals surface area contributed by atoms with Crippen molar-refractivity contribution in [3.63, 3.8) is 0 Å². The summed E-state index contributed by atoms with van der Waals surface area (Å²) in [5.74, 6) is -0.147. The van der Waals surface area contributed by atoms with Crippen LogP contribution in [0.15, 0.2) is 36.4 Å². The first-order valence-corrected chi connectivity index (χ1v) is 6.61. The second kappa shape index (κ2) is 5.31. The summed E-state index contributed by atoms with van der Waals surface area (Å²) in [6, 6.07) is 9.13. The molecular formula is C13H8Cl2FN5. The maximum absolute atomic E-state index is 13.5. The Balaban J connectivity index is 2.19. The summed E-state index contributed by atoms with van der Waals surface area (Å²) in [6.07, 6.45) is 0. The first-order valence-electron chi connectivity index (χ1n) is 5.85. The molecule has 3 rings (SSSR count). The fourth-order valence-corrected chi connectivity index (χ4v) is 2.34. The highest BCUT2D eigenvalue weighted by molar-refractivity contribution is 6.35. The summed E-state index contributed by atoms with van der Waals surface area (Å²) < 4.78 is 14.8. The van der Waals surface area contributed by atoms with Gasteiger partial charge in [-0.3, -0.25) is 0 Å². The van der Waals surface area contributed by atoms with Crippen LogP contribution in [0.4, 0.5) is 10.1 Å². The molecule has 0 aliphatic carbocycles. The van der Waals surface area contributed by atoms with E-state index in [1.54, 1.807) is 24.3 Å². The van der Waals surface area contributed by atoms with Crippen LogP contribution in [0.5, 0.6) is 0 Å². The highest BCUT2D eigenvalue weighted by Crippen LogP contribution is 2.31. The summed E-state index contributed by atoms with van der Waals surface area (Å²) in [5.41, 5.74) is 7.11. The molecule has 2 aromatic carbocycles. The van der Waals surface area contributed by atoms with Gasteiger partial charge in [-0.25, -0.2) is 4.39 Å². The summed E-state index contributed by atoms with van der Waals surface area (Å²) in [7, 11) is 0. The molecule has 5 nitrogen and oxygen atoms in total. The van der Waals surface area contributed by atoms with E-state index in [1.165, 1.54) is 16.8 Å². The van der Waals surface area contributed by atoms with E-state index in [0.717, 1.165) is 0 Å². The molecule has 2 N–H and O–H groups in total. The third-order valence-corrected chi connectivity index (χ3v) is 3.47. The summed E-state index contributed by atoms with van der Waals surface area (Å²) in [5, 5.41) is 11.9. The molecule has 0 bridgehead atoms. The zero-order chi connectivity index (χ0) is 15.0. The van der Waals surface area contributed by atoms with Crippen molar-refractivity contribution in [3.05, 3.63) is 52.3 Å². The monoisotopic (exact) mass is 323 g/mol. The van der Waals surface area contributed by atoms with Gasteiger partial charge in [0, 0.05) is 10.6 Å². The fraction of sp³-hybridized carbons (Fsp3) is 0. The van der Waals surface area contributed by atoms with E-state index in [2.05, 4.69) is 15.5 Å². The lowest BCUT2D eigenvalue weighted by Crippen LogP contribution is -2.01. The average Bonchev–Trinajstić information content (AvgIpc) is 2.90. The van der Waals surface area contributed by atoms with Gasteiger partial charge in [0.2, 0.25) is 0 Å². The first-order chi connectivity index (χ1) is 10.1. The molecule has 0 fully saturated rings. The molecular weight excluding hydrogens is 316 g/mol. The minimum atomic E-state index is -0.488. The minimum Gasteiger partial charge on any atom is -0.398 e. The van der Waals surface area contributed by atoms with Gasteiger partial charge in [0.05, 0.1) is 16.4 Å². The highest BCUT2D eigenvalue weighted by atomic mass is 35.5. The maximum Gasteiger partial charge on any atom is 0.188 e. The number of tetrazole rings is 1. The average molecular weight is 324 g/mol. The van der Waals surface area contributed by atoms with Crippen LogP contribution in [-0.2, 0) is 0 Å². The highest BCUT2D eigenvalue weighted by Gasteiger charge is 2.16. The standard InChI is InChI=1S/C13H8Cl2FN5/c14-7-4-8(16)6-9(5-7)21-13(18-19-20-21)10-2-1-3-11(17)12(10)15/h1-6H,17H2. The Morgan fingerprint density at radius 1 is 1.14 bits per heavy atom. The lowest BCUT2D eigenvalue weighted by atomic mass is 10.2. The molecule has 1 heterocycles. The normalized spacial score (nSPS) is 10.8. The first kappa shape index (κ1) is 13.8. The molecule has 0 aliphatic heterocycles. The van der Waals surface area contributed by atoms with Crippen molar-refractivity contribution in [3.8, 4) is 17.1 Å². The number of nitrogens with two attached hydrogens (primary N) is 1. The number of rotatable bonds is 2. The predicted octanol–water partition coefficient (Wildman–Crippen LogP) is 3.36. The van der Waals surface area contributed by atoms with Gasteiger partial charge in [0.25, 0.3) is 0 Å². The Kier molecular flexibility index (Phi) is 3.48. The Hall–Kier alpha value is -2.18. The molecule has 0 amide bonds. The lowest BCUT2D eigenvalue weighted by Gasteiger charge is -2.08. The number of hydrogen-bond donors (Lipinski definition) is 1. The third-order valence-electron chi connectivity index (χ3n) is 2.83. The second-order valence-electron chi connectivity index (χ2n) is 4.25. The maximum atomic E-state index is 13.5. The predicted molar refractivity (Wildman–Crippen MR) is 79.0 cm³/mol. The van der Waals surface area contributed by atoms with Gasteiger partial charge in [-0.15, -0.1) is 5.10 Å². The second-order valence-corrected chi connectivity index (χ2v) is 5.07. The van der Waals surface area contributed by atoms with Crippen molar-refractivity contribution in [2.45, 2.75) is 0 Å². The van der Waals surface area contributed by atoms with Gasteiger partial charge in [0.1, 0.15) is 5.82 Å². The van der Waals surface area contributed by atoms with E-state index in [-0.39, 0.29) is 5.02 Å². The van der Waals surface area contributed by atoms with E-state index in [1.807, 2.05) is 0 Å². The zero-order valence-corrected chi connectivity index (χ0v) is 12.0. The van der Waals surface area contributed by atoms with Gasteiger partial charge >= 0.3 is 0 Å². The van der Waals surface area contributed by atoms with E-state index in [0.29, 0.717) is 27.8 Å². The van der Waals surface area contributed by atoms with Gasteiger partial charge in [-0.05, 0) is 40.8 Å². The SMILES string of the molecule is Nc1cccc(-c2nnnn2-c2cc(F)cc(Cl)c2)c1Cl. The van der Waals surface area contributed by atoms with Crippen LogP contribution in [-0.4, -0.2) is 20.2 Å². The molecule has 0 aliphatic rings. The number of benzene rings is 2. The van der Waals surface area contributed by atoms with Crippen LogP contribution >= 0.6 is 23.2 Å². The Morgan fingerprint density at radius 3 is 2.71 bits per heavy atom. The Morgan fingerprint density at radius 2 is 1.95 bits per heavy atom. The molecule has 0 atom stereocenters. The van der Waals surface area contributed by atoms with E-state index in [9.17, 15) is 4.39 Å². The number of nitrogens with zero attached hydrogens (tertiary/aromatic N) is 4. The Labute approximate surface area is 129 Å². The van der Waals surface area contributed by atoms with Crippen molar-refractivity contribution in [1.82, 2.24) is 20.2 Å². The molecule has 0 spiro atoms. The van der Waals surface area contributed by atoms with Crippen LogP contribution in [0.3, 0.4) is 0 Å². The van der Waals surface area contributed by atoms with E-state index >= 15 is 0 Å². The zero-order valence-electron chi connectivity index (χ0n) is 10.5. The van der Waals surface area contributed by atoms with Crippen molar-refractivity contribution in [2.75, 3.05) is 5.73 Å². The minimum absolute atomic E-state index is 0.241. The van der Waals surface area contributed by atoms with Crippen LogP contribution in [0.25, 0.3) is 17.1 Å². The molecule has 106 valence electrons. The molecule has 0 radical (unpaired) electrons. The number of halogens is 3. The lowest BCUT2D eigenvalue weighted by molar-refractivity contribution is 0.625. The fourth-order valence-electron chi connectivity index (χ4n) is 1.91. The summed E-state index contributed by atoms with van der Waals surface area (Å²) in [6.45, 7) is 0. The molecule has 0 unspecified atom stereocenters. The van der Waals surface area contributed by atoms with Gasteiger partial charge < -0.3 is 5.73 Å². The van der Waals surface area contributed by atoms with Crippen molar-refractivity contribution < 1.29 is 4.39 Å². The third kappa shape index (κ3) is 2.55. The van der Waals surface area contributed by atoms with E-state index in [4.69, 9.17) is 28.9 Å².